The molecule has 0 saturated heterocycles. The van der Waals surface area contributed by atoms with E-state index in [0.717, 1.165) is 10.9 Å². The van der Waals surface area contributed by atoms with E-state index in [-0.39, 0.29) is 17.3 Å². The van der Waals surface area contributed by atoms with Crippen molar-refractivity contribution in [3.8, 4) is 0 Å². The Labute approximate surface area is 179 Å². The minimum atomic E-state index is -1.13. The number of nitrogens with one attached hydrogen (secondary N) is 2. The molecule has 2 aromatic carbocycles. The Morgan fingerprint density at radius 1 is 0.935 bits per heavy atom. The first-order chi connectivity index (χ1) is 14.9. The molecule has 0 bridgehead atoms. The number of aromatic nitrogens is 2. The van der Waals surface area contributed by atoms with E-state index in [1.54, 1.807) is 44.3 Å². The summed E-state index contributed by atoms with van der Waals surface area (Å²) in [5.41, 5.74) is 3.59. The lowest BCUT2D eigenvalue weighted by atomic mass is 9.99. The van der Waals surface area contributed by atoms with Gasteiger partial charge in [-0.25, -0.2) is 4.79 Å². The summed E-state index contributed by atoms with van der Waals surface area (Å²) in [7, 11) is 0. The predicted molar refractivity (Wildman–Crippen MR) is 117 cm³/mol. The van der Waals surface area contributed by atoms with Gasteiger partial charge in [0.15, 0.2) is 11.9 Å². The van der Waals surface area contributed by atoms with Crippen LogP contribution in [0.15, 0.2) is 60.8 Å². The Hall–Kier alpha value is -3.93. The fourth-order valence-electron chi connectivity index (χ4n) is 3.97. The predicted octanol–water partition coefficient (Wildman–Crippen LogP) is 5.10. The SMILES string of the molecule is CC(=O)c1c(C)[nH]c(C(=O)O[C@H](C(=O)c2c[nH]c3ccccc23)c2ccccc2)c1C. The van der Waals surface area contributed by atoms with Crippen molar-refractivity contribution in [1.82, 2.24) is 9.97 Å². The second kappa shape index (κ2) is 8.07. The standard InChI is InChI=1S/C25H22N2O4/c1-14-21(16(3)28)15(2)27-22(14)25(30)31-24(17-9-5-4-6-10-17)23(29)19-13-26-20-12-8-7-11-18(19)20/h4-13,24,26-27H,1-3H3/t24-/m0/s1. The maximum atomic E-state index is 13.5. The van der Waals surface area contributed by atoms with Crippen molar-refractivity contribution in [3.05, 3.63) is 94.4 Å². The maximum Gasteiger partial charge on any atom is 0.356 e. The van der Waals surface area contributed by atoms with Crippen LogP contribution in [0.1, 0.15) is 61.1 Å². The smallest absolute Gasteiger partial charge is 0.356 e. The number of hydrogen-bond acceptors (Lipinski definition) is 4. The lowest BCUT2D eigenvalue weighted by Crippen LogP contribution is -2.21. The van der Waals surface area contributed by atoms with Crippen LogP contribution < -0.4 is 0 Å². The summed E-state index contributed by atoms with van der Waals surface area (Å²) < 4.78 is 5.74. The number of benzene rings is 2. The van der Waals surface area contributed by atoms with Crippen molar-refractivity contribution in [2.75, 3.05) is 0 Å². The molecule has 0 radical (unpaired) electrons. The molecule has 0 amide bonds. The largest absolute Gasteiger partial charge is 0.444 e. The molecule has 0 fully saturated rings. The second-order valence-electron chi connectivity index (χ2n) is 7.49. The van der Waals surface area contributed by atoms with Crippen molar-refractivity contribution in [2.45, 2.75) is 26.9 Å². The fourth-order valence-corrected chi connectivity index (χ4v) is 3.97. The van der Waals surface area contributed by atoms with E-state index in [0.29, 0.717) is 27.9 Å². The molecule has 0 saturated carbocycles. The molecule has 6 heteroatoms. The van der Waals surface area contributed by atoms with Crippen LogP contribution in [0.3, 0.4) is 0 Å². The third kappa shape index (κ3) is 3.68. The highest BCUT2D eigenvalue weighted by Crippen LogP contribution is 2.29. The first-order valence-corrected chi connectivity index (χ1v) is 9.94. The van der Waals surface area contributed by atoms with Crippen LogP contribution in [0.2, 0.25) is 0 Å². The van der Waals surface area contributed by atoms with Gasteiger partial charge < -0.3 is 14.7 Å². The molecule has 0 aliphatic rings. The Kier molecular flexibility index (Phi) is 5.29. The molecule has 0 spiro atoms. The molecule has 1 atom stereocenters. The van der Waals surface area contributed by atoms with Crippen LogP contribution in [0.4, 0.5) is 0 Å². The molecule has 156 valence electrons. The number of ketones is 2. The van der Waals surface area contributed by atoms with Gasteiger partial charge in [0.25, 0.3) is 0 Å². The molecule has 0 aliphatic heterocycles. The van der Waals surface area contributed by atoms with Gasteiger partial charge in [-0.3, -0.25) is 9.59 Å². The highest BCUT2D eigenvalue weighted by molar-refractivity contribution is 6.11. The first kappa shape index (κ1) is 20.3. The van der Waals surface area contributed by atoms with Gasteiger partial charge in [-0.15, -0.1) is 0 Å². The molecule has 0 aliphatic carbocycles. The molecule has 2 heterocycles. The van der Waals surface area contributed by atoms with Crippen molar-refractivity contribution in [1.29, 1.82) is 0 Å². The van der Waals surface area contributed by atoms with Gasteiger partial charge in [-0.05, 0) is 32.4 Å². The Balaban J connectivity index is 1.73. The first-order valence-electron chi connectivity index (χ1n) is 9.94. The van der Waals surface area contributed by atoms with Crippen LogP contribution in [0, 0.1) is 13.8 Å². The number of carbonyl (C=O) groups is 3. The Bertz CT molecular complexity index is 1300. The van der Waals surface area contributed by atoms with Gasteiger partial charge in [-0.2, -0.15) is 0 Å². The zero-order valence-corrected chi connectivity index (χ0v) is 17.5. The summed E-state index contributed by atoms with van der Waals surface area (Å²) in [5, 5.41) is 0.759. The van der Waals surface area contributed by atoms with Gasteiger partial charge >= 0.3 is 5.97 Å². The average molecular weight is 414 g/mol. The number of Topliss-reactive ketones (excluding diaryl/α,β-unsaturated/α-hetero) is 2. The number of fused-ring (bicyclic) bond motifs is 1. The molecule has 6 nitrogen and oxygen atoms in total. The lowest BCUT2D eigenvalue weighted by molar-refractivity contribution is 0.0274. The highest BCUT2D eigenvalue weighted by atomic mass is 16.5. The summed E-state index contributed by atoms with van der Waals surface area (Å²) in [5.74, 6) is -1.15. The number of esters is 1. The van der Waals surface area contributed by atoms with Crippen LogP contribution in [0.25, 0.3) is 10.9 Å². The highest BCUT2D eigenvalue weighted by Gasteiger charge is 2.30. The molecule has 4 rings (SSSR count). The summed E-state index contributed by atoms with van der Waals surface area (Å²) >= 11 is 0. The molecule has 2 N–H and O–H groups in total. The Morgan fingerprint density at radius 2 is 1.61 bits per heavy atom. The van der Waals surface area contributed by atoms with Crippen molar-refractivity contribution >= 4 is 28.4 Å². The van der Waals surface area contributed by atoms with Crippen LogP contribution in [-0.2, 0) is 4.74 Å². The zero-order valence-electron chi connectivity index (χ0n) is 17.5. The molecule has 0 unspecified atom stereocenters. The molecule has 2 aromatic heterocycles. The van der Waals surface area contributed by atoms with Gasteiger partial charge in [0, 0.05) is 39.5 Å². The van der Waals surface area contributed by atoms with E-state index >= 15 is 0 Å². The summed E-state index contributed by atoms with van der Waals surface area (Å²) in [4.78, 5) is 44.5. The number of carbonyl (C=O) groups excluding carboxylic acids is 3. The third-order valence-corrected chi connectivity index (χ3v) is 5.41. The Morgan fingerprint density at radius 3 is 2.29 bits per heavy atom. The monoisotopic (exact) mass is 414 g/mol. The zero-order chi connectivity index (χ0) is 22.1. The number of aromatic amines is 2. The fraction of sp³-hybridized carbons (Fsp3) is 0.160. The third-order valence-electron chi connectivity index (χ3n) is 5.41. The number of aryl methyl sites for hydroxylation is 1. The number of ether oxygens (including phenoxy) is 1. The number of rotatable bonds is 6. The van der Waals surface area contributed by atoms with Crippen LogP contribution in [0.5, 0.6) is 0 Å². The summed E-state index contributed by atoms with van der Waals surface area (Å²) in [6, 6.07) is 16.4. The molecule has 4 aromatic rings. The summed E-state index contributed by atoms with van der Waals surface area (Å²) in [6.07, 6.45) is 0.506. The number of para-hydroxylation sites is 1. The van der Waals surface area contributed by atoms with Gasteiger partial charge in [-0.1, -0.05) is 48.5 Å². The van der Waals surface area contributed by atoms with Gasteiger partial charge in [0.05, 0.1) is 0 Å². The van der Waals surface area contributed by atoms with Crippen LogP contribution in [-0.4, -0.2) is 27.5 Å². The quantitative estimate of drug-likeness (QED) is 0.339. The number of H-pyrrole nitrogens is 2. The van der Waals surface area contributed by atoms with Gasteiger partial charge in [0.1, 0.15) is 5.69 Å². The van der Waals surface area contributed by atoms with E-state index in [1.165, 1.54) is 6.92 Å². The van der Waals surface area contributed by atoms with Crippen LogP contribution >= 0.6 is 0 Å². The van der Waals surface area contributed by atoms with Crippen molar-refractivity contribution in [2.24, 2.45) is 0 Å². The minimum Gasteiger partial charge on any atom is -0.444 e. The van der Waals surface area contributed by atoms with E-state index in [9.17, 15) is 14.4 Å². The van der Waals surface area contributed by atoms with E-state index in [1.807, 2.05) is 30.3 Å². The van der Waals surface area contributed by atoms with E-state index < -0.39 is 12.1 Å². The molecule has 31 heavy (non-hydrogen) atoms. The van der Waals surface area contributed by atoms with Gasteiger partial charge in [0.2, 0.25) is 5.78 Å². The van der Waals surface area contributed by atoms with E-state index in [2.05, 4.69) is 9.97 Å². The molecular weight excluding hydrogens is 392 g/mol. The summed E-state index contributed by atoms with van der Waals surface area (Å²) in [6.45, 7) is 4.87. The van der Waals surface area contributed by atoms with Crippen molar-refractivity contribution in [3.63, 3.8) is 0 Å². The lowest BCUT2D eigenvalue weighted by Gasteiger charge is -2.17. The minimum absolute atomic E-state index is 0.139. The average Bonchev–Trinajstić information content (AvgIpc) is 3.32. The molecular formula is C25H22N2O4. The second-order valence-corrected chi connectivity index (χ2v) is 7.49. The normalized spacial score (nSPS) is 12.0. The van der Waals surface area contributed by atoms with Crippen molar-refractivity contribution < 1.29 is 19.1 Å². The maximum absolute atomic E-state index is 13.5. The number of hydrogen-bond donors (Lipinski definition) is 2. The topological polar surface area (TPSA) is 92.0 Å². The van der Waals surface area contributed by atoms with E-state index in [4.69, 9.17) is 4.74 Å².